The number of benzene rings is 2. The van der Waals surface area contributed by atoms with Crippen LogP contribution in [0.25, 0.3) is 0 Å². The van der Waals surface area contributed by atoms with E-state index in [2.05, 4.69) is 10.3 Å². The monoisotopic (exact) mass is 467 g/mol. The first-order valence-corrected chi connectivity index (χ1v) is 9.81. The van der Waals surface area contributed by atoms with E-state index < -0.39 is 29.5 Å². The third kappa shape index (κ3) is 6.96. The van der Waals surface area contributed by atoms with E-state index >= 15 is 0 Å². The van der Waals surface area contributed by atoms with Crippen molar-refractivity contribution in [1.29, 1.82) is 0 Å². The van der Waals surface area contributed by atoms with Crippen molar-refractivity contribution >= 4 is 11.7 Å². The van der Waals surface area contributed by atoms with Gasteiger partial charge in [-0.25, -0.2) is 4.79 Å². The molecule has 0 aliphatic heterocycles. The first-order valence-electron chi connectivity index (χ1n) is 9.81. The first kappa shape index (κ1) is 24.1. The number of alkyl halides is 6. The van der Waals surface area contributed by atoms with Crippen LogP contribution in [0.15, 0.2) is 72.9 Å². The smallest absolute Gasteiger partial charge is 0.320 e. The molecular formula is C23H19F6N3O. The normalized spacial score (nSPS) is 11.8. The summed E-state index contributed by atoms with van der Waals surface area (Å²) >= 11 is 0. The van der Waals surface area contributed by atoms with Gasteiger partial charge in [0.15, 0.2) is 0 Å². The van der Waals surface area contributed by atoms with Crippen molar-refractivity contribution in [1.82, 2.24) is 9.88 Å². The van der Waals surface area contributed by atoms with Gasteiger partial charge < -0.3 is 10.2 Å². The zero-order chi connectivity index (χ0) is 24.1. The molecule has 0 saturated carbocycles. The van der Waals surface area contributed by atoms with Crippen LogP contribution < -0.4 is 5.32 Å². The van der Waals surface area contributed by atoms with Crippen molar-refractivity contribution in [2.45, 2.75) is 25.3 Å². The van der Waals surface area contributed by atoms with Gasteiger partial charge in [0, 0.05) is 37.1 Å². The highest BCUT2D eigenvalue weighted by atomic mass is 19.4. The number of urea groups is 1. The summed E-state index contributed by atoms with van der Waals surface area (Å²) in [6.07, 6.45) is -7.00. The molecule has 174 valence electrons. The fourth-order valence-corrected chi connectivity index (χ4v) is 3.01. The van der Waals surface area contributed by atoms with Gasteiger partial charge in [-0.1, -0.05) is 18.2 Å². The second-order valence-corrected chi connectivity index (χ2v) is 7.19. The van der Waals surface area contributed by atoms with E-state index in [1.165, 1.54) is 17.0 Å². The molecule has 0 aliphatic rings. The zero-order valence-electron chi connectivity index (χ0n) is 17.1. The van der Waals surface area contributed by atoms with Crippen molar-refractivity contribution in [3.05, 3.63) is 95.3 Å². The Kier molecular flexibility index (Phi) is 7.25. The van der Waals surface area contributed by atoms with Gasteiger partial charge in [0.25, 0.3) is 0 Å². The number of nitrogens with one attached hydrogen (secondary N) is 1. The Morgan fingerprint density at radius 2 is 1.39 bits per heavy atom. The maximum atomic E-state index is 12.8. The molecule has 0 radical (unpaired) electrons. The quantitative estimate of drug-likeness (QED) is 0.427. The molecule has 2 aromatic carbocycles. The lowest BCUT2D eigenvalue weighted by Crippen LogP contribution is -2.36. The average Bonchev–Trinajstić information content (AvgIpc) is 2.76. The Balaban J connectivity index is 1.74. The molecule has 2 amide bonds. The summed E-state index contributed by atoms with van der Waals surface area (Å²) in [6, 6.07) is 13.1. The van der Waals surface area contributed by atoms with E-state index in [0.29, 0.717) is 17.7 Å². The summed E-state index contributed by atoms with van der Waals surface area (Å²) < 4.78 is 76.7. The molecular weight excluding hydrogens is 448 g/mol. The lowest BCUT2D eigenvalue weighted by Gasteiger charge is -2.23. The summed E-state index contributed by atoms with van der Waals surface area (Å²) in [5.74, 6) is 0. The molecule has 10 heteroatoms. The Bertz CT molecular complexity index is 1050. The highest BCUT2D eigenvalue weighted by Gasteiger charge is 2.31. The minimum Gasteiger partial charge on any atom is -0.320 e. The zero-order valence-corrected chi connectivity index (χ0v) is 17.1. The minimum absolute atomic E-state index is 0.00254. The van der Waals surface area contributed by atoms with Crippen LogP contribution in [0.3, 0.4) is 0 Å². The van der Waals surface area contributed by atoms with Gasteiger partial charge in [0.05, 0.1) is 11.1 Å². The first-order chi connectivity index (χ1) is 15.5. The lowest BCUT2D eigenvalue weighted by molar-refractivity contribution is -0.138. The van der Waals surface area contributed by atoms with Crippen LogP contribution in [0.2, 0.25) is 0 Å². The number of amides is 2. The van der Waals surface area contributed by atoms with Crippen LogP contribution in [0.5, 0.6) is 0 Å². The number of hydrogen-bond acceptors (Lipinski definition) is 2. The summed E-state index contributed by atoms with van der Waals surface area (Å²) in [6.45, 7) is 0.182. The molecule has 0 saturated heterocycles. The Morgan fingerprint density at radius 1 is 0.818 bits per heavy atom. The average molecular weight is 467 g/mol. The minimum atomic E-state index is -4.50. The van der Waals surface area contributed by atoms with Crippen LogP contribution in [0, 0.1) is 0 Å². The van der Waals surface area contributed by atoms with Crippen molar-refractivity contribution < 1.29 is 31.1 Å². The van der Waals surface area contributed by atoms with Gasteiger partial charge >= 0.3 is 18.4 Å². The van der Waals surface area contributed by atoms with Crippen LogP contribution in [0.4, 0.5) is 36.8 Å². The molecule has 4 nitrogen and oxygen atoms in total. The molecule has 0 aliphatic carbocycles. The van der Waals surface area contributed by atoms with E-state index in [1.807, 2.05) is 0 Å². The highest BCUT2D eigenvalue weighted by molar-refractivity contribution is 5.89. The molecule has 1 aromatic heterocycles. The maximum absolute atomic E-state index is 12.8. The van der Waals surface area contributed by atoms with Crippen molar-refractivity contribution in [2.24, 2.45) is 0 Å². The number of rotatable bonds is 6. The van der Waals surface area contributed by atoms with Gasteiger partial charge in [-0.05, 0) is 54.1 Å². The number of carbonyl (C=O) groups excluding carboxylic acids is 1. The second-order valence-electron chi connectivity index (χ2n) is 7.19. The summed E-state index contributed by atoms with van der Waals surface area (Å²) in [5.41, 5.74) is -0.329. The third-order valence-corrected chi connectivity index (χ3v) is 4.77. The van der Waals surface area contributed by atoms with Gasteiger partial charge in [0.1, 0.15) is 0 Å². The fraction of sp³-hybridized carbons (Fsp3) is 0.217. The largest absolute Gasteiger partial charge is 0.416 e. The summed E-state index contributed by atoms with van der Waals surface area (Å²) in [5, 5.41) is 2.53. The van der Waals surface area contributed by atoms with E-state index in [1.54, 1.807) is 24.4 Å². The van der Waals surface area contributed by atoms with Crippen LogP contribution in [-0.4, -0.2) is 22.5 Å². The summed E-state index contributed by atoms with van der Waals surface area (Å²) in [4.78, 5) is 18.4. The fourth-order valence-electron chi connectivity index (χ4n) is 3.01. The predicted molar refractivity (Wildman–Crippen MR) is 110 cm³/mol. The molecule has 0 spiro atoms. The maximum Gasteiger partial charge on any atom is 0.416 e. The Hall–Kier alpha value is -3.56. The van der Waals surface area contributed by atoms with Crippen molar-refractivity contribution in [3.8, 4) is 0 Å². The number of aromatic nitrogens is 1. The Labute approximate surface area is 185 Å². The number of anilines is 1. The van der Waals surface area contributed by atoms with Gasteiger partial charge in [-0.15, -0.1) is 0 Å². The van der Waals surface area contributed by atoms with Crippen molar-refractivity contribution in [2.75, 3.05) is 11.9 Å². The SMILES string of the molecule is O=C(Nc1ccc(C(F)(F)F)cc1)N(CCc1ccccn1)Cc1ccc(C(F)(F)F)cc1. The number of halogens is 6. The molecule has 3 rings (SSSR count). The van der Waals surface area contributed by atoms with Crippen LogP contribution in [0.1, 0.15) is 22.4 Å². The third-order valence-electron chi connectivity index (χ3n) is 4.77. The summed E-state index contributed by atoms with van der Waals surface area (Å²) in [7, 11) is 0. The molecule has 0 fully saturated rings. The number of nitrogens with zero attached hydrogens (tertiary/aromatic N) is 2. The topological polar surface area (TPSA) is 45.2 Å². The number of carbonyl (C=O) groups is 1. The van der Waals surface area contributed by atoms with E-state index in [-0.39, 0.29) is 18.8 Å². The molecule has 0 bridgehead atoms. The lowest BCUT2D eigenvalue weighted by atomic mass is 10.1. The van der Waals surface area contributed by atoms with E-state index in [4.69, 9.17) is 0 Å². The van der Waals surface area contributed by atoms with Gasteiger partial charge in [-0.2, -0.15) is 26.3 Å². The molecule has 1 N–H and O–H groups in total. The highest BCUT2D eigenvalue weighted by Crippen LogP contribution is 2.30. The molecule has 0 unspecified atom stereocenters. The molecule has 0 atom stereocenters. The van der Waals surface area contributed by atoms with Crippen molar-refractivity contribution in [3.63, 3.8) is 0 Å². The van der Waals surface area contributed by atoms with Crippen LogP contribution >= 0.6 is 0 Å². The van der Waals surface area contributed by atoms with E-state index in [9.17, 15) is 31.1 Å². The van der Waals surface area contributed by atoms with Crippen LogP contribution in [-0.2, 0) is 25.3 Å². The van der Waals surface area contributed by atoms with E-state index in [0.717, 1.165) is 36.4 Å². The molecule has 1 heterocycles. The number of hydrogen-bond donors (Lipinski definition) is 1. The second kappa shape index (κ2) is 9.93. The van der Waals surface area contributed by atoms with Gasteiger partial charge in [0.2, 0.25) is 0 Å². The molecule has 33 heavy (non-hydrogen) atoms. The molecule has 3 aromatic rings. The van der Waals surface area contributed by atoms with Gasteiger partial charge in [-0.3, -0.25) is 4.98 Å². The standard InChI is InChI=1S/C23H19F6N3O/c24-22(25,26)17-6-4-16(5-7-17)15-32(14-12-19-3-1-2-13-30-19)21(33)31-20-10-8-18(9-11-20)23(27,28)29/h1-11,13H,12,14-15H2,(H,31,33). The number of pyridine rings is 1. The predicted octanol–water partition coefficient (Wildman–Crippen LogP) is 6.40. The Morgan fingerprint density at radius 3 is 1.91 bits per heavy atom.